The predicted octanol–water partition coefficient (Wildman–Crippen LogP) is 5.00. The molecule has 1 fully saturated rings. The summed E-state index contributed by atoms with van der Waals surface area (Å²) in [5.74, 6) is -4.41. The number of piperidine rings is 1. The van der Waals surface area contributed by atoms with Crippen LogP contribution in [0.3, 0.4) is 0 Å². The van der Waals surface area contributed by atoms with Gasteiger partial charge in [-0.3, -0.25) is 9.13 Å². The summed E-state index contributed by atoms with van der Waals surface area (Å²) >= 11 is 6.41. The minimum absolute atomic E-state index is 0.107. The van der Waals surface area contributed by atoms with Crippen LogP contribution in [0.15, 0.2) is 41.3 Å². The molecule has 2 atom stereocenters. The number of esters is 1. The van der Waals surface area contributed by atoms with Gasteiger partial charge < -0.3 is 20.1 Å². The van der Waals surface area contributed by atoms with Crippen molar-refractivity contribution >= 4 is 46.1 Å². The Hall–Kier alpha value is -3.51. The number of anilines is 3. The number of imidazole rings is 1. The molecule has 0 saturated carbocycles. The summed E-state index contributed by atoms with van der Waals surface area (Å²) < 4.78 is 36.8. The van der Waals surface area contributed by atoms with Crippen LogP contribution in [0, 0.1) is 11.8 Å². The average Bonchev–Trinajstić information content (AvgIpc) is 3.17. The minimum atomic E-state index is -2.77. The lowest BCUT2D eigenvalue weighted by atomic mass is 9.87. The molecule has 4 rings (SSSR count). The lowest BCUT2D eigenvalue weighted by Crippen LogP contribution is -2.52. The highest BCUT2D eigenvalue weighted by Gasteiger charge is 2.47. The Morgan fingerprint density at radius 1 is 1.24 bits per heavy atom. The number of carbonyl (C=O) groups is 1. The number of aromatic nitrogens is 4. The maximum Gasteiger partial charge on any atom is 0.330 e. The van der Waals surface area contributed by atoms with E-state index >= 15 is 0 Å². The van der Waals surface area contributed by atoms with Gasteiger partial charge in [-0.1, -0.05) is 31.5 Å². The Labute approximate surface area is 248 Å². The molecule has 0 aliphatic carbocycles. The number of aryl methyl sites for hydroxylation is 1. The standard InChI is InChI=1S/C29H37ClF2N6O4/c1-6-42-24(39)8-7-12-37-22-10-9-20(14-23(22)38(27(37)40)13-11-28(4,5)41)34-25-21(30)15-33-26(35-25)36-16-18(2)29(31,32)19(3)17-36/h7-10,14-15,18-19,41H,6,11-13,16-17H2,1-5H3,(H,33,34,35)/b8-7+/t18-,19+. The van der Waals surface area contributed by atoms with Gasteiger partial charge in [0.2, 0.25) is 5.95 Å². The molecule has 3 aromatic rings. The Balaban J connectivity index is 1.66. The SMILES string of the molecule is CCOC(=O)/C=C/Cn1c(=O)n(CCC(C)(C)O)c2cc(Nc3nc(N4C[C@@H](C)C(F)(F)[C@@H](C)C4)ncc3Cl)ccc21. The molecule has 2 N–H and O–H groups in total. The van der Waals surface area contributed by atoms with Gasteiger partial charge in [0, 0.05) is 49.8 Å². The molecule has 3 heterocycles. The van der Waals surface area contributed by atoms with Crippen LogP contribution in [0.4, 0.5) is 26.2 Å². The van der Waals surface area contributed by atoms with E-state index in [9.17, 15) is 23.5 Å². The molecule has 0 bridgehead atoms. The van der Waals surface area contributed by atoms with Gasteiger partial charge in [-0.05, 0) is 45.4 Å². The number of carbonyl (C=O) groups excluding carboxylic acids is 1. The van der Waals surface area contributed by atoms with Gasteiger partial charge in [0.1, 0.15) is 5.02 Å². The summed E-state index contributed by atoms with van der Waals surface area (Å²) in [4.78, 5) is 35.7. The molecule has 0 unspecified atom stereocenters. The fraction of sp³-hybridized carbons (Fsp3) is 0.517. The van der Waals surface area contributed by atoms with Crippen LogP contribution in [-0.4, -0.2) is 61.4 Å². The van der Waals surface area contributed by atoms with Gasteiger partial charge in [-0.2, -0.15) is 4.98 Å². The summed E-state index contributed by atoms with van der Waals surface area (Å²) in [6.07, 6.45) is 4.60. The van der Waals surface area contributed by atoms with E-state index < -0.39 is 29.3 Å². The van der Waals surface area contributed by atoms with Crippen molar-refractivity contribution in [3.05, 3.63) is 52.1 Å². The van der Waals surface area contributed by atoms with E-state index in [1.165, 1.54) is 30.7 Å². The van der Waals surface area contributed by atoms with E-state index in [-0.39, 0.29) is 43.5 Å². The van der Waals surface area contributed by atoms with Crippen molar-refractivity contribution in [2.45, 2.75) is 65.7 Å². The average molecular weight is 607 g/mol. The van der Waals surface area contributed by atoms with E-state index in [0.717, 1.165) is 0 Å². The predicted molar refractivity (Wildman–Crippen MR) is 159 cm³/mol. The Kier molecular flexibility index (Phi) is 9.27. The number of aliphatic hydroxyl groups is 1. The fourth-order valence-electron chi connectivity index (χ4n) is 4.98. The van der Waals surface area contributed by atoms with Gasteiger partial charge in [-0.15, -0.1) is 0 Å². The molecule has 1 aliphatic heterocycles. The quantitative estimate of drug-likeness (QED) is 0.245. The lowest BCUT2D eigenvalue weighted by Gasteiger charge is -2.41. The summed E-state index contributed by atoms with van der Waals surface area (Å²) in [7, 11) is 0. The van der Waals surface area contributed by atoms with Crippen LogP contribution in [0.25, 0.3) is 11.0 Å². The first-order valence-electron chi connectivity index (χ1n) is 13.9. The molecule has 2 aromatic heterocycles. The third-order valence-corrected chi connectivity index (χ3v) is 7.65. The highest BCUT2D eigenvalue weighted by molar-refractivity contribution is 6.32. The van der Waals surface area contributed by atoms with Gasteiger partial charge in [0.15, 0.2) is 5.82 Å². The number of ether oxygens (including phenoxy) is 1. The number of nitrogens with one attached hydrogen (secondary N) is 1. The molecule has 13 heteroatoms. The second-order valence-electron chi connectivity index (χ2n) is 11.3. The van der Waals surface area contributed by atoms with Crippen molar-refractivity contribution in [3.63, 3.8) is 0 Å². The zero-order valence-electron chi connectivity index (χ0n) is 24.4. The van der Waals surface area contributed by atoms with E-state index in [2.05, 4.69) is 15.3 Å². The zero-order valence-corrected chi connectivity index (χ0v) is 25.2. The Morgan fingerprint density at radius 2 is 1.93 bits per heavy atom. The van der Waals surface area contributed by atoms with Crippen LogP contribution in [0.2, 0.25) is 5.02 Å². The smallest absolute Gasteiger partial charge is 0.330 e. The zero-order chi connectivity index (χ0) is 30.8. The van der Waals surface area contributed by atoms with Crippen molar-refractivity contribution in [2.24, 2.45) is 11.8 Å². The molecule has 1 aromatic carbocycles. The normalized spacial score (nSPS) is 19.0. The third kappa shape index (κ3) is 6.92. The van der Waals surface area contributed by atoms with E-state index in [4.69, 9.17) is 16.3 Å². The van der Waals surface area contributed by atoms with Crippen LogP contribution in [-0.2, 0) is 22.6 Å². The van der Waals surface area contributed by atoms with Gasteiger partial charge >= 0.3 is 11.7 Å². The number of allylic oxidation sites excluding steroid dienone is 1. The highest BCUT2D eigenvalue weighted by Crippen LogP contribution is 2.39. The van der Waals surface area contributed by atoms with Crippen LogP contribution < -0.4 is 15.9 Å². The number of hydrogen-bond donors (Lipinski definition) is 2. The second-order valence-corrected chi connectivity index (χ2v) is 11.7. The summed E-state index contributed by atoms with van der Waals surface area (Å²) in [5, 5.41) is 13.7. The molecule has 228 valence electrons. The molecule has 0 radical (unpaired) electrons. The molecular formula is C29H37ClF2N6O4. The molecule has 0 spiro atoms. The number of fused-ring (bicyclic) bond motifs is 1. The van der Waals surface area contributed by atoms with Crippen LogP contribution in [0.5, 0.6) is 0 Å². The third-order valence-electron chi connectivity index (χ3n) is 7.37. The topological polar surface area (TPSA) is 115 Å². The van der Waals surface area contributed by atoms with E-state index in [1.807, 2.05) is 0 Å². The van der Waals surface area contributed by atoms with Crippen molar-refractivity contribution in [3.8, 4) is 0 Å². The Morgan fingerprint density at radius 3 is 2.57 bits per heavy atom. The number of hydrogen-bond acceptors (Lipinski definition) is 8. The first-order chi connectivity index (χ1) is 19.7. The molecule has 42 heavy (non-hydrogen) atoms. The maximum absolute atomic E-state index is 14.4. The number of halogens is 3. The summed E-state index contributed by atoms with van der Waals surface area (Å²) in [6, 6.07) is 5.30. The minimum Gasteiger partial charge on any atom is -0.463 e. The maximum atomic E-state index is 14.4. The fourth-order valence-corrected chi connectivity index (χ4v) is 5.12. The largest absolute Gasteiger partial charge is 0.463 e. The molecule has 1 aliphatic rings. The first kappa shape index (κ1) is 31.4. The van der Waals surface area contributed by atoms with E-state index in [1.54, 1.807) is 54.5 Å². The Bertz CT molecular complexity index is 1520. The van der Waals surface area contributed by atoms with Crippen molar-refractivity contribution < 1.29 is 23.4 Å². The number of benzene rings is 1. The second kappa shape index (κ2) is 12.4. The molecule has 10 nitrogen and oxygen atoms in total. The van der Waals surface area contributed by atoms with Crippen molar-refractivity contribution in [1.29, 1.82) is 0 Å². The molecular weight excluding hydrogens is 570 g/mol. The molecule has 0 amide bonds. The first-order valence-corrected chi connectivity index (χ1v) is 14.3. The monoisotopic (exact) mass is 606 g/mol. The van der Waals surface area contributed by atoms with Crippen LogP contribution in [0.1, 0.15) is 41.0 Å². The van der Waals surface area contributed by atoms with Crippen LogP contribution >= 0.6 is 11.6 Å². The summed E-state index contributed by atoms with van der Waals surface area (Å²) in [5.41, 5.74) is 0.516. The number of alkyl halides is 2. The van der Waals surface area contributed by atoms with E-state index in [0.29, 0.717) is 34.9 Å². The number of nitrogens with zero attached hydrogens (tertiary/aromatic N) is 5. The summed E-state index contributed by atoms with van der Waals surface area (Å²) in [6.45, 7) is 8.95. The van der Waals surface area contributed by atoms with Gasteiger partial charge in [-0.25, -0.2) is 23.4 Å². The van der Waals surface area contributed by atoms with Gasteiger partial charge in [0.25, 0.3) is 5.92 Å². The van der Waals surface area contributed by atoms with Crippen molar-refractivity contribution in [1.82, 2.24) is 19.1 Å². The van der Waals surface area contributed by atoms with Crippen molar-refractivity contribution in [2.75, 3.05) is 29.9 Å². The molecule has 1 saturated heterocycles. The number of rotatable bonds is 10. The lowest BCUT2D eigenvalue weighted by molar-refractivity contribution is -0.137. The highest BCUT2D eigenvalue weighted by atomic mass is 35.5. The van der Waals surface area contributed by atoms with Gasteiger partial charge in [0.05, 0.1) is 29.4 Å².